The lowest BCUT2D eigenvalue weighted by molar-refractivity contribution is -0.140. The third-order valence-electron chi connectivity index (χ3n) is 1.84. The number of rotatable bonds is 6. The van der Waals surface area contributed by atoms with Crippen molar-refractivity contribution in [2.75, 3.05) is 12.9 Å². The van der Waals surface area contributed by atoms with Gasteiger partial charge in [-0.3, -0.25) is 15.0 Å². The predicted molar refractivity (Wildman–Crippen MR) is 60.0 cm³/mol. The molecule has 6 heteroatoms. The van der Waals surface area contributed by atoms with E-state index in [1.807, 2.05) is 13.8 Å². The standard InChI is InChI=1S/C9H18N2O3S/c1-6(2)8(9(13)11-10)15-5-4-7(12)14-3/h6,8H,4-5,10H2,1-3H3,(H,11,13). The minimum atomic E-state index is -0.266. The van der Waals surface area contributed by atoms with E-state index in [-0.39, 0.29) is 23.0 Å². The maximum Gasteiger partial charge on any atom is 0.306 e. The molecule has 0 heterocycles. The molecule has 0 aliphatic carbocycles. The minimum absolute atomic E-state index is 0.177. The van der Waals surface area contributed by atoms with E-state index in [4.69, 9.17) is 5.84 Å². The van der Waals surface area contributed by atoms with Crippen LogP contribution in [-0.2, 0) is 14.3 Å². The van der Waals surface area contributed by atoms with Gasteiger partial charge in [-0.15, -0.1) is 11.8 Å². The number of hydrogen-bond acceptors (Lipinski definition) is 5. The molecule has 3 N–H and O–H groups in total. The molecule has 5 nitrogen and oxygen atoms in total. The third kappa shape index (κ3) is 5.64. The molecule has 0 aliphatic heterocycles. The Balaban J connectivity index is 3.97. The number of hydrazine groups is 1. The predicted octanol–water partition coefficient (Wildman–Crippen LogP) is 0.297. The molecule has 15 heavy (non-hydrogen) atoms. The number of methoxy groups -OCH3 is 1. The monoisotopic (exact) mass is 234 g/mol. The molecular weight excluding hydrogens is 216 g/mol. The van der Waals surface area contributed by atoms with E-state index in [2.05, 4.69) is 10.2 Å². The van der Waals surface area contributed by atoms with Crippen LogP contribution in [0, 0.1) is 5.92 Å². The largest absolute Gasteiger partial charge is 0.469 e. The maximum atomic E-state index is 11.3. The van der Waals surface area contributed by atoms with Crippen molar-refractivity contribution in [3.05, 3.63) is 0 Å². The molecule has 0 spiro atoms. The van der Waals surface area contributed by atoms with E-state index in [9.17, 15) is 9.59 Å². The van der Waals surface area contributed by atoms with Gasteiger partial charge < -0.3 is 4.74 Å². The number of nitrogens with two attached hydrogens (primary N) is 1. The lowest BCUT2D eigenvalue weighted by Gasteiger charge is -2.17. The van der Waals surface area contributed by atoms with Crippen LogP contribution in [0.2, 0.25) is 0 Å². The van der Waals surface area contributed by atoms with Crippen LogP contribution < -0.4 is 11.3 Å². The van der Waals surface area contributed by atoms with Gasteiger partial charge in [0, 0.05) is 5.75 Å². The molecule has 0 bridgehead atoms. The highest BCUT2D eigenvalue weighted by atomic mass is 32.2. The fourth-order valence-corrected chi connectivity index (χ4v) is 2.17. The minimum Gasteiger partial charge on any atom is -0.469 e. The Morgan fingerprint density at radius 1 is 1.47 bits per heavy atom. The lowest BCUT2D eigenvalue weighted by Crippen LogP contribution is -2.40. The first-order chi connectivity index (χ1) is 7.02. The van der Waals surface area contributed by atoms with Crippen LogP contribution >= 0.6 is 11.8 Å². The first-order valence-electron chi connectivity index (χ1n) is 4.71. The van der Waals surface area contributed by atoms with Crippen molar-refractivity contribution in [2.45, 2.75) is 25.5 Å². The second kappa shape index (κ2) is 7.53. The quantitative estimate of drug-likeness (QED) is 0.299. The molecule has 0 saturated heterocycles. The Labute approximate surface area is 94.1 Å². The smallest absolute Gasteiger partial charge is 0.306 e. The second-order valence-corrected chi connectivity index (χ2v) is 4.62. The SMILES string of the molecule is COC(=O)CCSC(C(=O)NN)C(C)C. The van der Waals surface area contributed by atoms with Crippen LogP contribution in [0.25, 0.3) is 0 Å². The Bertz CT molecular complexity index is 221. The zero-order chi connectivity index (χ0) is 11.8. The Morgan fingerprint density at radius 3 is 2.47 bits per heavy atom. The van der Waals surface area contributed by atoms with Crippen LogP contribution in [0.15, 0.2) is 0 Å². The van der Waals surface area contributed by atoms with Crippen LogP contribution in [0.3, 0.4) is 0 Å². The van der Waals surface area contributed by atoms with Crippen molar-refractivity contribution in [1.29, 1.82) is 0 Å². The Hall–Kier alpha value is -0.750. The Kier molecular flexibility index (Phi) is 7.15. The molecule has 0 aromatic heterocycles. The number of nitrogens with one attached hydrogen (secondary N) is 1. The fraction of sp³-hybridized carbons (Fsp3) is 0.778. The van der Waals surface area contributed by atoms with Gasteiger partial charge in [0.05, 0.1) is 18.8 Å². The van der Waals surface area contributed by atoms with E-state index >= 15 is 0 Å². The summed E-state index contributed by atoms with van der Waals surface area (Å²) >= 11 is 1.41. The van der Waals surface area contributed by atoms with Gasteiger partial charge in [0.25, 0.3) is 0 Å². The van der Waals surface area contributed by atoms with Gasteiger partial charge in [-0.05, 0) is 5.92 Å². The van der Waals surface area contributed by atoms with Crippen LogP contribution in [-0.4, -0.2) is 30.0 Å². The lowest BCUT2D eigenvalue weighted by atomic mass is 10.1. The number of carbonyl (C=O) groups excluding carboxylic acids is 2. The van der Waals surface area contributed by atoms with E-state index in [0.29, 0.717) is 12.2 Å². The molecule has 0 aromatic rings. The zero-order valence-corrected chi connectivity index (χ0v) is 10.1. The molecule has 0 aliphatic rings. The summed E-state index contributed by atoms with van der Waals surface area (Å²) < 4.78 is 4.50. The molecule has 1 unspecified atom stereocenters. The van der Waals surface area contributed by atoms with Crippen LogP contribution in [0.5, 0.6) is 0 Å². The van der Waals surface area contributed by atoms with Gasteiger partial charge in [-0.2, -0.15) is 0 Å². The number of thioether (sulfide) groups is 1. The van der Waals surface area contributed by atoms with Crippen molar-refractivity contribution >= 4 is 23.6 Å². The fourth-order valence-electron chi connectivity index (χ4n) is 1.02. The summed E-state index contributed by atoms with van der Waals surface area (Å²) in [6.45, 7) is 3.87. The second-order valence-electron chi connectivity index (χ2n) is 3.37. The van der Waals surface area contributed by atoms with Gasteiger partial charge >= 0.3 is 5.97 Å². The molecule has 0 fully saturated rings. The van der Waals surface area contributed by atoms with Gasteiger partial charge in [-0.1, -0.05) is 13.8 Å². The Morgan fingerprint density at radius 2 is 2.07 bits per heavy atom. The normalized spacial score (nSPS) is 12.3. The van der Waals surface area contributed by atoms with Crippen molar-refractivity contribution in [2.24, 2.45) is 11.8 Å². The zero-order valence-electron chi connectivity index (χ0n) is 9.28. The van der Waals surface area contributed by atoms with Gasteiger partial charge in [0.1, 0.15) is 0 Å². The van der Waals surface area contributed by atoms with Crippen molar-refractivity contribution in [3.8, 4) is 0 Å². The maximum absolute atomic E-state index is 11.3. The summed E-state index contributed by atoms with van der Waals surface area (Å²) in [4.78, 5) is 22.2. The van der Waals surface area contributed by atoms with Crippen LogP contribution in [0.1, 0.15) is 20.3 Å². The number of amides is 1. The van der Waals surface area contributed by atoms with Gasteiger partial charge in [0.2, 0.25) is 5.91 Å². The summed E-state index contributed by atoms with van der Waals surface area (Å²) in [5, 5.41) is -0.223. The highest BCUT2D eigenvalue weighted by Crippen LogP contribution is 2.20. The average molecular weight is 234 g/mol. The van der Waals surface area contributed by atoms with E-state index < -0.39 is 0 Å². The van der Waals surface area contributed by atoms with Crippen molar-refractivity contribution < 1.29 is 14.3 Å². The van der Waals surface area contributed by atoms with Crippen molar-refractivity contribution in [1.82, 2.24) is 5.43 Å². The van der Waals surface area contributed by atoms with E-state index in [0.717, 1.165) is 0 Å². The molecule has 0 rings (SSSR count). The average Bonchev–Trinajstić information content (AvgIpc) is 2.22. The number of ether oxygens (including phenoxy) is 1. The molecule has 1 amide bonds. The highest BCUT2D eigenvalue weighted by molar-refractivity contribution is 8.00. The molecule has 1 atom stereocenters. The van der Waals surface area contributed by atoms with Gasteiger partial charge in [-0.25, -0.2) is 5.84 Å². The highest BCUT2D eigenvalue weighted by Gasteiger charge is 2.21. The van der Waals surface area contributed by atoms with E-state index in [1.54, 1.807) is 0 Å². The summed E-state index contributed by atoms with van der Waals surface area (Å²) in [5.41, 5.74) is 2.12. The first-order valence-corrected chi connectivity index (χ1v) is 5.76. The summed E-state index contributed by atoms with van der Waals surface area (Å²) in [5.74, 6) is 5.33. The first kappa shape index (κ1) is 14.2. The third-order valence-corrected chi connectivity index (χ3v) is 3.39. The molecule has 0 aromatic carbocycles. The number of carbonyl (C=O) groups is 2. The van der Waals surface area contributed by atoms with Crippen molar-refractivity contribution in [3.63, 3.8) is 0 Å². The number of hydrogen-bond donors (Lipinski definition) is 2. The van der Waals surface area contributed by atoms with E-state index in [1.165, 1.54) is 18.9 Å². The summed E-state index contributed by atoms with van der Waals surface area (Å²) in [6.07, 6.45) is 0.308. The molecule has 0 radical (unpaired) electrons. The summed E-state index contributed by atoms with van der Waals surface area (Å²) in [6, 6.07) is 0. The topological polar surface area (TPSA) is 81.4 Å². The summed E-state index contributed by atoms with van der Waals surface area (Å²) in [7, 11) is 1.35. The molecule has 88 valence electrons. The molecule has 0 saturated carbocycles. The van der Waals surface area contributed by atoms with Crippen LogP contribution in [0.4, 0.5) is 0 Å². The molecular formula is C9H18N2O3S. The van der Waals surface area contributed by atoms with Gasteiger partial charge in [0.15, 0.2) is 0 Å². The number of esters is 1.